The number of aromatic nitrogens is 1. The van der Waals surface area contributed by atoms with Crippen LogP contribution in [0.25, 0.3) is 22.6 Å². The molecule has 0 saturated heterocycles. The number of halogens is 3. The average molecular weight is 650 g/mol. The van der Waals surface area contributed by atoms with Crippen LogP contribution < -0.4 is 29.0 Å². The number of fused-ring (bicyclic) bond motifs is 1. The zero-order chi connectivity index (χ0) is 14.5. The Bertz CT molecular complexity index is 673. The number of rotatable bonds is 1. The summed E-state index contributed by atoms with van der Waals surface area (Å²) in [5, 5.41) is 11.6. The second kappa shape index (κ2) is 10.1. The summed E-state index contributed by atoms with van der Waals surface area (Å²) in [6.45, 7) is 0. The van der Waals surface area contributed by atoms with Gasteiger partial charge in [-0.3, -0.25) is 0 Å². The van der Waals surface area contributed by atoms with E-state index in [0.29, 0.717) is 11.5 Å². The number of nitrogens with one attached hydrogen (secondary N) is 1. The third-order valence-corrected chi connectivity index (χ3v) is 2.48. The van der Waals surface area contributed by atoms with Gasteiger partial charge in [-0.05, 0) is 12.1 Å². The van der Waals surface area contributed by atoms with Crippen LogP contribution in [-0.2, 0) is 4.92 Å². The van der Waals surface area contributed by atoms with E-state index < -0.39 is 0 Å². The smallest absolute Gasteiger partial charge is 0.872 e. The standard InChI is InChI=1S/C13H9NO2.3HI.Li.V/c15-11-7-3-1-5-9(11)13-14-10-6-2-4-8-12(10)16-13;;;;;/h1-8,15H;3*1H;;/q;;;;+1;+3/p-3. The van der Waals surface area contributed by atoms with E-state index in [1.807, 2.05) is 30.3 Å². The largest absolute Gasteiger partial charge is 1.00 e. The van der Waals surface area contributed by atoms with Gasteiger partial charge in [0.05, 0.1) is 5.56 Å². The van der Waals surface area contributed by atoms with Crippen LogP contribution in [0.15, 0.2) is 52.9 Å². The Labute approximate surface area is 172 Å². The van der Waals surface area contributed by atoms with Crippen LogP contribution in [0.4, 0.5) is 0 Å². The minimum absolute atomic E-state index is 0. The van der Waals surface area contributed by atoms with Crippen LogP contribution >= 0.6 is 59.9 Å². The molecule has 0 atom stereocenters. The molecule has 0 unspecified atom stereocenters. The van der Waals surface area contributed by atoms with Gasteiger partial charge in [0.15, 0.2) is 0 Å². The molecular formula is C13H9I3LiNO2V+. The van der Waals surface area contributed by atoms with Crippen LogP contribution in [0.1, 0.15) is 0 Å². The number of H-pyrrole nitrogens is 1. The zero-order valence-electron chi connectivity index (χ0n) is 11.0. The molecule has 1 heterocycles. The number of hydrogen-bond acceptors (Lipinski definition) is 2. The summed E-state index contributed by atoms with van der Waals surface area (Å²) < 4.78 is 5.58. The maximum Gasteiger partial charge on any atom is 1.00 e. The van der Waals surface area contributed by atoms with Gasteiger partial charge in [-0.25, -0.2) is 0 Å². The normalized spacial score (nSPS) is 9.90. The SMILES string of the molecule is [I][V]([I])[I].[Li+].[O-]c1ccccc1-c1[nH+]c2ccccc2o1. The van der Waals surface area contributed by atoms with E-state index in [9.17, 15) is 5.11 Å². The van der Waals surface area contributed by atoms with E-state index in [4.69, 9.17) is 4.42 Å². The molecule has 2 aromatic carbocycles. The fourth-order valence-electron chi connectivity index (χ4n) is 1.69. The third kappa shape index (κ3) is 6.24. The van der Waals surface area contributed by atoms with Gasteiger partial charge in [0, 0.05) is 6.07 Å². The molecule has 0 bridgehead atoms. The summed E-state index contributed by atoms with van der Waals surface area (Å²) in [4.78, 5) is 2.81. The van der Waals surface area contributed by atoms with Crippen molar-refractivity contribution in [2.24, 2.45) is 0 Å². The van der Waals surface area contributed by atoms with Gasteiger partial charge in [-0.2, -0.15) is 4.98 Å². The molecule has 0 amide bonds. The van der Waals surface area contributed by atoms with Crippen molar-refractivity contribution in [3.05, 3.63) is 48.5 Å². The molecular weight excluding hydrogens is 641 g/mol. The van der Waals surface area contributed by atoms with E-state index in [0.717, 1.165) is 11.1 Å². The van der Waals surface area contributed by atoms with Crippen molar-refractivity contribution < 1.29 is 38.3 Å². The Hall–Kier alpha value is 1.08. The van der Waals surface area contributed by atoms with Crippen LogP contribution in [0.2, 0.25) is 0 Å². The molecule has 0 spiro atoms. The van der Waals surface area contributed by atoms with Gasteiger partial charge >= 0.3 is 89.6 Å². The molecule has 21 heavy (non-hydrogen) atoms. The number of hydrogen-bond donors (Lipinski definition) is 0. The molecule has 0 aliphatic carbocycles. The molecule has 1 aromatic heterocycles. The molecule has 3 nitrogen and oxygen atoms in total. The molecule has 104 valence electrons. The summed E-state index contributed by atoms with van der Waals surface area (Å²) in [5.74, 6) is 0.463. The summed E-state index contributed by atoms with van der Waals surface area (Å²) in [7, 11) is 0. The summed E-state index contributed by atoms with van der Waals surface area (Å²) in [6, 6.07) is 14.4. The van der Waals surface area contributed by atoms with Crippen LogP contribution in [-0.4, -0.2) is 0 Å². The van der Waals surface area contributed by atoms with Gasteiger partial charge in [-0.15, -0.1) is 0 Å². The third-order valence-electron chi connectivity index (χ3n) is 2.48. The van der Waals surface area contributed by atoms with Crippen molar-refractivity contribution in [3.63, 3.8) is 0 Å². The van der Waals surface area contributed by atoms with Gasteiger partial charge in [-0.1, -0.05) is 36.1 Å². The fourth-order valence-corrected chi connectivity index (χ4v) is 1.69. The molecule has 3 aromatic rings. The zero-order valence-corrected chi connectivity index (χ0v) is 18.9. The minimum atomic E-state index is -0.278. The molecule has 0 fully saturated rings. The van der Waals surface area contributed by atoms with E-state index in [-0.39, 0.29) is 29.5 Å². The van der Waals surface area contributed by atoms with Crippen molar-refractivity contribution in [2.75, 3.05) is 0 Å². The van der Waals surface area contributed by atoms with Crippen LogP contribution in [0.3, 0.4) is 0 Å². The molecule has 0 radical (unpaired) electrons. The maximum atomic E-state index is 11.6. The first-order valence-corrected chi connectivity index (χ1v) is 19.0. The van der Waals surface area contributed by atoms with Crippen molar-refractivity contribution in [1.82, 2.24) is 0 Å². The summed E-state index contributed by atoms with van der Waals surface area (Å²) >= 11 is 7.39. The number of benzene rings is 2. The number of aromatic amines is 1. The van der Waals surface area contributed by atoms with E-state index >= 15 is 0 Å². The Morgan fingerprint density at radius 3 is 2.14 bits per heavy atom. The van der Waals surface area contributed by atoms with Gasteiger partial charge in [0.2, 0.25) is 11.1 Å². The average Bonchev–Trinajstić information content (AvgIpc) is 2.82. The molecule has 8 heteroatoms. The van der Waals surface area contributed by atoms with E-state index in [1.165, 1.54) is 6.07 Å². The van der Waals surface area contributed by atoms with Crippen LogP contribution in [0, 0.1) is 0 Å². The Morgan fingerprint density at radius 1 is 0.952 bits per heavy atom. The maximum absolute atomic E-state index is 11.6. The molecule has 1 N–H and O–H groups in total. The second-order valence-corrected chi connectivity index (χ2v) is 39.1. The molecule has 3 rings (SSSR count). The quantitative estimate of drug-likeness (QED) is 0.298. The molecule has 0 aliphatic heterocycles. The van der Waals surface area contributed by atoms with Crippen molar-refractivity contribution in [2.45, 2.75) is 0 Å². The first kappa shape index (κ1) is 20.1. The first-order valence-electron chi connectivity index (χ1n) is 5.52. The van der Waals surface area contributed by atoms with E-state index in [1.54, 1.807) is 12.1 Å². The molecule has 0 saturated carbocycles. The molecule has 0 aliphatic rings. The Morgan fingerprint density at radius 2 is 1.52 bits per heavy atom. The predicted molar refractivity (Wildman–Crippen MR) is 99.7 cm³/mol. The van der Waals surface area contributed by atoms with Crippen molar-refractivity contribution >= 4 is 71.0 Å². The van der Waals surface area contributed by atoms with Crippen molar-refractivity contribution in [1.29, 1.82) is 0 Å². The summed E-state index contributed by atoms with van der Waals surface area (Å²) in [5.41, 5.74) is 2.19. The Balaban J connectivity index is 0.000000397. The summed E-state index contributed by atoms with van der Waals surface area (Å²) in [6.07, 6.45) is 0. The monoisotopic (exact) mass is 650 g/mol. The first-order chi connectivity index (χ1) is 9.58. The predicted octanol–water partition coefficient (Wildman–Crippen LogP) is 1.65. The van der Waals surface area contributed by atoms with Gasteiger partial charge < -0.3 is 9.52 Å². The topological polar surface area (TPSA) is 50.3 Å². The number of oxazole rings is 1. The van der Waals surface area contributed by atoms with Crippen LogP contribution in [0.5, 0.6) is 5.75 Å². The number of para-hydroxylation sites is 3. The second-order valence-electron chi connectivity index (χ2n) is 3.74. The fraction of sp³-hybridized carbons (Fsp3) is 0. The van der Waals surface area contributed by atoms with Gasteiger partial charge in [0.1, 0.15) is 0 Å². The Kier molecular flexibility index (Phi) is 9.63. The van der Waals surface area contributed by atoms with E-state index in [2.05, 4.69) is 64.9 Å². The van der Waals surface area contributed by atoms with Crippen molar-refractivity contribution in [3.8, 4) is 17.2 Å². The van der Waals surface area contributed by atoms with Gasteiger partial charge in [0.25, 0.3) is 0 Å². The minimum Gasteiger partial charge on any atom is -0.872 e.